The van der Waals surface area contributed by atoms with E-state index in [2.05, 4.69) is 62.1 Å². The van der Waals surface area contributed by atoms with Crippen LogP contribution < -0.4 is 11.5 Å². The van der Waals surface area contributed by atoms with E-state index in [4.69, 9.17) is 16.2 Å². The van der Waals surface area contributed by atoms with Crippen LogP contribution in [-0.2, 0) is 22.3 Å². The van der Waals surface area contributed by atoms with Gasteiger partial charge in [-0.05, 0) is 42.5 Å². The minimum atomic E-state index is -0.316. The third-order valence-electron chi connectivity index (χ3n) is 8.11. The first kappa shape index (κ1) is 19.1. The molecule has 1 heterocycles. The molecule has 1 spiro atoms. The van der Waals surface area contributed by atoms with Crippen LogP contribution in [0.3, 0.4) is 0 Å². The number of likely N-dealkylation sites (tertiary alicyclic amines) is 1. The van der Waals surface area contributed by atoms with Crippen molar-refractivity contribution in [2.75, 3.05) is 18.8 Å². The molecule has 154 valence electrons. The van der Waals surface area contributed by atoms with E-state index in [0.717, 1.165) is 31.6 Å². The lowest BCUT2D eigenvalue weighted by atomic mass is 9.58. The summed E-state index contributed by atoms with van der Waals surface area (Å²) in [5.74, 6) is 0. The Morgan fingerprint density at radius 3 is 2.66 bits per heavy atom. The van der Waals surface area contributed by atoms with Crippen LogP contribution in [0.15, 0.2) is 48.5 Å². The summed E-state index contributed by atoms with van der Waals surface area (Å²) < 4.78 is 6.21. The zero-order chi connectivity index (χ0) is 20.4. The molecule has 0 radical (unpaired) electrons. The molecule has 2 aliphatic carbocycles. The van der Waals surface area contributed by atoms with E-state index in [-0.39, 0.29) is 22.5 Å². The number of anilines is 1. The molecule has 1 aliphatic heterocycles. The van der Waals surface area contributed by atoms with Crippen LogP contribution >= 0.6 is 0 Å². The van der Waals surface area contributed by atoms with Crippen LogP contribution in [0.2, 0.25) is 0 Å². The highest BCUT2D eigenvalue weighted by Crippen LogP contribution is 2.67. The van der Waals surface area contributed by atoms with Gasteiger partial charge in [-0.25, -0.2) is 0 Å². The van der Waals surface area contributed by atoms with Crippen molar-refractivity contribution >= 4 is 5.69 Å². The number of nitrogen functional groups attached to an aromatic ring is 1. The average molecular weight is 392 g/mol. The molecule has 1 saturated heterocycles. The van der Waals surface area contributed by atoms with Gasteiger partial charge in [-0.1, -0.05) is 56.3 Å². The van der Waals surface area contributed by atoms with Gasteiger partial charge in [-0.2, -0.15) is 0 Å². The Labute approximate surface area is 174 Å². The molecular weight excluding hydrogens is 358 g/mol. The number of nitrogens with two attached hydrogens (primary N) is 2. The number of nitrogens with zero attached hydrogens (tertiary/aromatic N) is 1. The molecule has 4 heteroatoms. The van der Waals surface area contributed by atoms with Gasteiger partial charge in [0.15, 0.2) is 0 Å². The standard InChI is InChI=1S/C25H33N3O/c1-17(29-14-18-8-5-4-6-9-18)13-28-16-24-12-21(28)23(2,3)25(27,15-24)19-10-7-11-20(26)22(19)24/h4-11,17,21H,12-16,26-27H2,1-3H3/t17-,21+,24?,25+/m0/s1. The Morgan fingerprint density at radius 1 is 1.14 bits per heavy atom. The number of ether oxygens (including phenoxy) is 1. The molecule has 1 unspecified atom stereocenters. The molecule has 3 aliphatic rings. The van der Waals surface area contributed by atoms with E-state index >= 15 is 0 Å². The van der Waals surface area contributed by atoms with Crippen molar-refractivity contribution in [3.05, 3.63) is 65.2 Å². The van der Waals surface area contributed by atoms with Crippen molar-refractivity contribution in [2.24, 2.45) is 11.1 Å². The zero-order valence-corrected chi connectivity index (χ0v) is 17.8. The lowest BCUT2D eigenvalue weighted by Crippen LogP contribution is -2.59. The highest BCUT2D eigenvalue weighted by atomic mass is 16.5. The summed E-state index contributed by atoms with van der Waals surface area (Å²) in [6.45, 7) is 9.52. The van der Waals surface area contributed by atoms with Crippen LogP contribution in [0.1, 0.15) is 50.3 Å². The van der Waals surface area contributed by atoms with Crippen molar-refractivity contribution in [1.82, 2.24) is 4.90 Å². The monoisotopic (exact) mass is 391 g/mol. The predicted octanol–water partition coefficient (Wildman–Crippen LogP) is 3.78. The summed E-state index contributed by atoms with van der Waals surface area (Å²) in [5.41, 5.74) is 18.2. The fourth-order valence-electron chi connectivity index (χ4n) is 6.59. The summed E-state index contributed by atoms with van der Waals surface area (Å²) in [6.07, 6.45) is 2.32. The number of rotatable bonds is 5. The molecule has 4 atom stereocenters. The van der Waals surface area contributed by atoms with Crippen molar-refractivity contribution in [3.8, 4) is 0 Å². The first-order valence-corrected chi connectivity index (χ1v) is 10.8. The lowest BCUT2D eigenvalue weighted by Gasteiger charge is -2.51. The Balaban J connectivity index is 1.40. The first-order chi connectivity index (χ1) is 13.8. The molecular formula is C25H33N3O. The van der Waals surface area contributed by atoms with Gasteiger partial charge in [0.25, 0.3) is 0 Å². The maximum Gasteiger partial charge on any atom is 0.0721 e. The van der Waals surface area contributed by atoms with Crippen LogP contribution in [-0.4, -0.2) is 30.1 Å². The Hall–Kier alpha value is -1.88. The summed E-state index contributed by atoms with van der Waals surface area (Å²) in [5, 5.41) is 0. The molecule has 3 bridgehead atoms. The highest BCUT2D eigenvalue weighted by molar-refractivity contribution is 5.63. The van der Waals surface area contributed by atoms with Gasteiger partial charge in [0.1, 0.15) is 0 Å². The summed E-state index contributed by atoms with van der Waals surface area (Å²) in [6, 6.07) is 17.2. The SMILES string of the molecule is C[C@@H](CN1CC23C[C@@H]1C(C)(C)[C@@](N)(C2)c1cccc(N)c13)OCc1ccccc1. The number of benzene rings is 2. The third-order valence-corrected chi connectivity index (χ3v) is 8.11. The quantitative estimate of drug-likeness (QED) is 0.761. The van der Waals surface area contributed by atoms with Gasteiger partial charge in [0.05, 0.1) is 12.7 Å². The molecule has 2 aromatic rings. The van der Waals surface area contributed by atoms with Gasteiger partial charge < -0.3 is 16.2 Å². The topological polar surface area (TPSA) is 64.5 Å². The smallest absolute Gasteiger partial charge is 0.0721 e. The lowest BCUT2D eigenvalue weighted by molar-refractivity contribution is -0.00884. The van der Waals surface area contributed by atoms with E-state index in [1.54, 1.807) is 0 Å². The highest BCUT2D eigenvalue weighted by Gasteiger charge is 2.69. The minimum absolute atomic E-state index is 0.0226. The summed E-state index contributed by atoms with van der Waals surface area (Å²) >= 11 is 0. The van der Waals surface area contributed by atoms with Gasteiger partial charge >= 0.3 is 0 Å². The van der Waals surface area contributed by atoms with Crippen molar-refractivity contribution in [2.45, 2.75) is 63.3 Å². The number of hydrogen-bond donors (Lipinski definition) is 2. The maximum atomic E-state index is 7.19. The van der Waals surface area contributed by atoms with E-state index in [0.29, 0.717) is 12.6 Å². The third kappa shape index (κ3) is 2.62. The maximum absolute atomic E-state index is 7.19. The molecule has 29 heavy (non-hydrogen) atoms. The average Bonchev–Trinajstić information content (AvgIpc) is 3.14. The fourth-order valence-corrected chi connectivity index (χ4v) is 6.59. The largest absolute Gasteiger partial charge is 0.398 e. The second-order valence-electron chi connectivity index (χ2n) is 10.2. The van der Waals surface area contributed by atoms with Crippen molar-refractivity contribution in [3.63, 3.8) is 0 Å². The van der Waals surface area contributed by atoms with E-state index < -0.39 is 0 Å². The van der Waals surface area contributed by atoms with Gasteiger partial charge in [-0.3, -0.25) is 4.90 Å². The molecule has 2 fully saturated rings. The first-order valence-electron chi connectivity index (χ1n) is 10.8. The summed E-state index contributed by atoms with van der Waals surface area (Å²) in [4.78, 5) is 2.64. The molecule has 4 nitrogen and oxygen atoms in total. The molecule has 2 aromatic carbocycles. The number of fused-ring (bicyclic) bond motifs is 4. The Morgan fingerprint density at radius 2 is 1.90 bits per heavy atom. The fraction of sp³-hybridized carbons (Fsp3) is 0.520. The van der Waals surface area contributed by atoms with Gasteiger partial charge in [0, 0.05) is 41.2 Å². The van der Waals surface area contributed by atoms with Gasteiger partial charge in [-0.15, -0.1) is 0 Å². The molecule has 0 aromatic heterocycles. The van der Waals surface area contributed by atoms with Crippen LogP contribution in [0, 0.1) is 5.41 Å². The van der Waals surface area contributed by atoms with Crippen LogP contribution in [0.4, 0.5) is 5.69 Å². The Bertz CT molecular complexity index is 927. The van der Waals surface area contributed by atoms with Crippen molar-refractivity contribution in [1.29, 1.82) is 0 Å². The van der Waals surface area contributed by atoms with Gasteiger partial charge in [0.2, 0.25) is 0 Å². The second kappa shape index (κ2) is 6.31. The zero-order valence-electron chi connectivity index (χ0n) is 17.8. The predicted molar refractivity (Wildman–Crippen MR) is 117 cm³/mol. The van der Waals surface area contributed by atoms with Crippen molar-refractivity contribution < 1.29 is 4.74 Å². The van der Waals surface area contributed by atoms with Crippen LogP contribution in [0.25, 0.3) is 0 Å². The van der Waals surface area contributed by atoms with E-state index in [1.807, 2.05) is 12.1 Å². The normalized spacial score (nSPS) is 32.9. The Kier molecular flexibility index (Phi) is 4.16. The second-order valence-corrected chi connectivity index (χ2v) is 10.2. The molecule has 5 rings (SSSR count). The van der Waals surface area contributed by atoms with E-state index in [9.17, 15) is 0 Å². The summed E-state index contributed by atoms with van der Waals surface area (Å²) in [7, 11) is 0. The van der Waals surface area contributed by atoms with E-state index in [1.165, 1.54) is 16.7 Å². The molecule has 0 amide bonds. The number of hydrogen-bond acceptors (Lipinski definition) is 4. The minimum Gasteiger partial charge on any atom is -0.398 e. The van der Waals surface area contributed by atoms with Crippen LogP contribution in [0.5, 0.6) is 0 Å². The molecule has 4 N–H and O–H groups in total. The molecule has 1 saturated carbocycles.